The molecule has 0 aliphatic carbocycles. The summed E-state index contributed by atoms with van der Waals surface area (Å²) in [5, 5.41) is 0.574. The summed E-state index contributed by atoms with van der Waals surface area (Å²) in [4.78, 5) is 26.5. The second kappa shape index (κ2) is 8.65. The Hall–Kier alpha value is -2.21. The summed E-state index contributed by atoms with van der Waals surface area (Å²) in [5.41, 5.74) is 1.43. The van der Waals surface area contributed by atoms with E-state index in [0.717, 1.165) is 17.3 Å². The van der Waals surface area contributed by atoms with Gasteiger partial charge in [-0.05, 0) is 53.2 Å². The van der Waals surface area contributed by atoms with Crippen molar-refractivity contribution in [2.75, 3.05) is 6.61 Å². The highest BCUT2D eigenvalue weighted by atomic mass is 35.5. The molecule has 1 aliphatic heterocycles. The molecule has 2 amide bonds. The van der Waals surface area contributed by atoms with Crippen LogP contribution in [0.2, 0.25) is 10.0 Å². The molecule has 0 spiro atoms. The van der Waals surface area contributed by atoms with Crippen LogP contribution in [0.4, 0.5) is 4.79 Å². The molecule has 0 N–H and O–H groups in total. The predicted octanol–water partition coefficient (Wildman–Crippen LogP) is 5.79. The quantitative estimate of drug-likeness (QED) is 0.438. The molecule has 1 aliphatic rings. The molecular formula is C20H15Cl2NO3S. The molecule has 1 fully saturated rings. The van der Waals surface area contributed by atoms with Gasteiger partial charge in [-0.3, -0.25) is 14.5 Å². The zero-order chi connectivity index (χ0) is 19.4. The smallest absolute Gasteiger partial charge is 0.293 e. The van der Waals surface area contributed by atoms with E-state index in [9.17, 15) is 9.59 Å². The van der Waals surface area contributed by atoms with E-state index < -0.39 is 0 Å². The summed E-state index contributed by atoms with van der Waals surface area (Å²) in [6.07, 6.45) is 3.33. The van der Waals surface area contributed by atoms with Crippen LogP contribution in [0.25, 0.3) is 6.08 Å². The maximum Gasteiger partial charge on any atom is 0.293 e. The van der Waals surface area contributed by atoms with Crippen LogP contribution in [0.5, 0.6) is 5.75 Å². The largest absolute Gasteiger partial charge is 0.490 e. The normalized spacial score (nSPS) is 15.5. The van der Waals surface area contributed by atoms with E-state index in [1.54, 1.807) is 36.4 Å². The first-order valence-electron chi connectivity index (χ1n) is 8.01. The standard InChI is InChI=1S/C20H15Cl2NO3S/c1-2-8-26-16-5-3-4-13(9-16)10-18-19(24)23(20(25)27-18)12-14-6-7-15(21)11-17(14)22/h2-7,9-11H,1,8,12H2/b18-10+. The van der Waals surface area contributed by atoms with Crippen LogP contribution in [0.3, 0.4) is 0 Å². The molecule has 1 heterocycles. The lowest BCUT2D eigenvalue weighted by Crippen LogP contribution is -2.27. The van der Waals surface area contributed by atoms with Crippen molar-refractivity contribution in [2.45, 2.75) is 6.54 Å². The number of amides is 2. The van der Waals surface area contributed by atoms with E-state index in [-0.39, 0.29) is 17.7 Å². The zero-order valence-corrected chi connectivity index (χ0v) is 16.5. The number of carbonyl (C=O) groups is 2. The summed E-state index contributed by atoms with van der Waals surface area (Å²) >= 11 is 12.9. The number of benzene rings is 2. The molecule has 2 aromatic rings. The fraction of sp³-hybridized carbons (Fsp3) is 0.100. The number of thioether (sulfide) groups is 1. The third-order valence-corrected chi connectivity index (χ3v) is 5.24. The highest BCUT2D eigenvalue weighted by Crippen LogP contribution is 2.34. The van der Waals surface area contributed by atoms with Gasteiger partial charge >= 0.3 is 0 Å². The molecule has 0 radical (unpaired) electrons. The van der Waals surface area contributed by atoms with E-state index in [1.165, 1.54) is 4.90 Å². The summed E-state index contributed by atoms with van der Waals surface area (Å²) in [6.45, 7) is 4.10. The maximum absolute atomic E-state index is 12.7. The number of ether oxygens (including phenoxy) is 1. The van der Waals surface area contributed by atoms with Crippen LogP contribution in [-0.4, -0.2) is 22.7 Å². The average molecular weight is 420 g/mol. The minimum atomic E-state index is -0.353. The Morgan fingerprint density at radius 3 is 2.70 bits per heavy atom. The molecular weight excluding hydrogens is 405 g/mol. The fourth-order valence-corrected chi connectivity index (χ4v) is 3.76. The lowest BCUT2D eigenvalue weighted by Gasteiger charge is -2.13. The second-order valence-corrected chi connectivity index (χ2v) is 7.51. The minimum absolute atomic E-state index is 0.0977. The van der Waals surface area contributed by atoms with E-state index in [1.807, 2.05) is 18.2 Å². The molecule has 7 heteroatoms. The fourth-order valence-electron chi connectivity index (χ4n) is 2.46. The van der Waals surface area contributed by atoms with Gasteiger partial charge in [-0.2, -0.15) is 0 Å². The van der Waals surface area contributed by atoms with Crippen molar-refractivity contribution < 1.29 is 14.3 Å². The van der Waals surface area contributed by atoms with Crippen molar-refractivity contribution in [2.24, 2.45) is 0 Å². The van der Waals surface area contributed by atoms with Gasteiger partial charge in [0.05, 0.1) is 11.4 Å². The van der Waals surface area contributed by atoms with Gasteiger partial charge in [-0.1, -0.05) is 54.1 Å². The van der Waals surface area contributed by atoms with Crippen molar-refractivity contribution in [1.29, 1.82) is 0 Å². The minimum Gasteiger partial charge on any atom is -0.490 e. The molecule has 3 rings (SSSR count). The Morgan fingerprint density at radius 2 is 1.96 bits per heavy atom. The molecule has 138 valence electrons. The van der Waals surface area contributed by atoms with Crippen LogP contribution in [0.1, 0.15) is 11.1 Å². The molecule has 0 aromatic heterocycles. The Kier molecular flexibility index (Phi) is 6.26. The average Bonchev–Trinajstić information content (AvgIpc) is 2.90. The highest BCUT2D eigenvalue weighted by Gasteiger charge is 2.35. The van der Waals surface area contributed by atoms with Crippen LogP contribution in [-0.2, 0) is 11.3 Å². The molecule has 1 saturated heterocycles. The molecule has 0 bridgehead atoms. The van der Waals surface area contributed by atoms with Crippen molar-refractivity contribution in [1.82, 2.24) is 4.90 Å². The SMILES string of the molecule is C=CCOc1cccc(/C=C2/SC(=O)N(Cc3ccc(Cl)cc3Cl)C2=O)c1. The first-order chi connectivity index (χ1) is 13.0. The third-order valence-electron chi connectivity index (χ3n) is 3.74. The van der Waals surface area contributed by atoms with Gasteiger partial charge in [-0.25, -0.2) is 0 Å². The van der Waals surface area contributed by atoms with Crippen molar-refractivity contribution >= 4 is 52.2 Å². The van der Waals surface area contributed by atoms with E-state index >= 15 is 0 Å². The summed E-state index contributed by atoms with van der Waals surface area (Å²) in [5.74, 6) is 0.309. The Labute approximate surface area is 171 Å². The Bertz CT molecular complexity index is 943. The number of nitrogens with zero attached hydrogens (tertiary/aromatic N) is 1. The van der Waals surface area contributed by atoms with Crippen molar-refractivity contribution in [3.05, 3.63) is 81.2 Å². The van der Waals surface area contributed by atoms with Crippen LogP contribution in [0.15, 0.2) is 60.0 Å². The first-order valence-corrected chi connectivity index (χ1v) is 9.58. The predicted molar refractivity (Wildman–Crippen MR) is 110 cm³/mol. The van der Waals surface area contributed by atoms with Gasteiger partial charge in [0.1, 0.15) is 12.4 Å². The molecule has 0 atom stereocenters. The maximum atomic E-state index is 12.7. The van der Waals surface area contributed by atoms with Gasteiger partial charge in [0.2, 0.25) is 0 Å². The van der Waals surface area contributed by atoms with Crippen molar-refractivity contribution in [3.63, 3.8) is 0 Å². The molecule has 0 saturated carbocycles. The van der Waals surface area contributed by atoms with Gasteiger partial charge in [0.15, 0.2) is 0 Å². The lowest BCUT2D eigenvalue weighted by molar-refractivity contribution is -0.123. The third kappa shape index (κ3) is 4.75. The van der Waals surface area contributed by atoms with Crippen LogP contribution in [0, 0.1) is 0 Å². The molecule has 27 heavy (non-hydrogen) atoms. The monoisotopic (exact) mass is 419 g/mol. The number of hydrogen-bond acceptors (Lipinski definition) is 4. The second-order valence-electron chi connectivity index (χ2n) is 5.68. The molecule has 2 aromatic carbocycles. The van der Waals surface area contributed by atoms with Crippen molar-refractivity contribution in [3.8, 4) is 5.75 Å². The molecule has 0 unspecified atom stereocenters. The van der Waals surface area contributed by atoms with E-state index in [0.29, 0.717) is 32.9 Å². The summed E-state index contributed by atoms with van der Waals surface area (Å²) in [6, 6.07) is 12.2. The number of carbonyl (C=O) groups excluding carboxylic acids is 2. The van der Waals surface area contributed by atoms with Crippen LogP contribution >= 0.6 is 35.0 Å². The lowest BCUT2D eigenvalue weighted by atomic mass is 10.2. The summed E-state index contributed by atoms with van der Waals surface area (Å²) in [7, 11) is 0. The Balaban J connectivity index is 1.79. The zero-order valence-electron chi connectivity index (χ0n) is 14.2. The number of imide groups is 1. The number of hydrogen-bond donors (Lipinski definition) is 0. The highest BCUT2D eigenvalue weighted by molar-refractivity contribution is 8.18. The van der Waals surface area contributed by atoms with Gasteiger partial charge in [0.25, 0.3) is 11.1 Å². The Morgan fingerprint density at radius 1 is 1.15 bits per heavy atom. The van der Waals surface area contributed by atoms with Gasteiger partial charge in [-0.15, -0.1) is 0 Å². The van der Waals surface area contributed by atoms with Gasteiger partial charge in [0, 0.05) is 10.0 Å². The van der Waals surface area contributed by atoms with Gasteiger partial charge < -0.3 is 4.74 Å². The number of rotatable bonds is 6. The first kappa shape index (κ1) is 19.5. The topological polar surface area (TPSA) is 46.6 Å². The van der Waals surface area contributed by atoms with Crippen LogP contribution < -0.4 is 4.74 Å². The summed E-state index contributed by atoms with van der Waals surface area (Å²) < 4.78 is 5.49. The van der Waals surface area contributed by atoms with E-state index in [4.69, 9.17) is 27.9 Å². The van der Waals surface area contributed by atoms with E-state index in [2.05, 4.69) is 6.58 Å². The number of halogens is 2. The molecule has 4 nitrogen and oxygen atoms in total.